The van der Waals surface area contributed by atoms with Crippen LogP contribution in [0.5, 0.6) is 0 Å². The van der Waals surface area contributed by atoms with Crippen LogP contribution < -0.4 is 10.5 Å². The largest absolute Gasteiger partial charge is 0.469 e. The smallest absolute Gasteiger partial charge is 0.311 e. The number of carbonyl (C=O) groups is 1. The lowest BCUT2D eigenvalue weighted by Gasteiger charge is -1.95. The fourth-order valence-corrected chi connectivity index (χ4v) is 1.53. The minimum absolute atomic E-state index is 0.204. The number of hydrogen-bond donors (Lipinski definition) is 1. The number of ether oxygens (including phenoxy) is 1. The van der Waals surface area contributed by atoms with Crippen LogP contribution in [0.3, 0.4) is 0 Å². The zero-order chi connectivity index (χ0) is 9.14. The van der Waals surface area contributed by atoms with E-state index in [1.54, 1.807) is 0 Å². The van der Waals surface area contributed by atoms with E-state index < -0.39 is 0 Å². The van der Waals surface area contributed by atoms with Gasteiger partial charge in [0.05, 0.1) is 19.2 Å². The van der Waals surface area contributed by atoms with Gasteiger partial charge in [-0.2, -0.15) is 0 Å². The van der Waals surface area contributed by atoms with Crippen LogP contribution in [-0.4, -0.2) is 25.9 Å². The molecule has 0 unspecified atom stereocenters. The second kappa shape index (κ2) is 3.58. The molecule has 4 nitrogen and oxygen atoms in total. The molecular weight excluding hydrogens is 175 g/mol. The fraction of sp³-hybridized carbons (Fsp3) is 0.333. The number of nitrogens with two attached hydrogens (primary N) is 1. The highest BCUT2D eigenvalue weighted by Crippen LogP contribution is 2.07. The van der Waals surface area contributed by atoms with Crippen LogP contribution in [0.25, 0.3) is 0 Å². The molecule has 1 rings (SSSR count). The van der Waals surface area contributed by atoms with E-state index in [1.165, 1.54) is 18.4 Å². The standard InChI is InChI=1S/C6H9BN2O2S/c1-11-4(10)2-3-5(7)12-6(8)9-3/h2,7H2,1H3,(H2,8,9). The number of carbonyl (C=O) groups excluding carboxylic acids is 1. The van der Waals surface area contributed by atoms with Crippen molar-refractivity contribution < 1.29 is 9.53 Å². The van der Waals surface area contributed by atoms with Crippen LogP contribution in [0.1, 0.15) is 5.69 Å². The van der Waals surface area contributed by atoms with Crippen molar-refractivity contribution in [3.05, 3.63) is 5.69 Å². The van der Waals surface area contributed by atoms with Gasteiger partial charge in [0, 0.05) is 0 Å². The van der Waals surface area contributed by atoms with Crippen LogP contribution in [0, 0.1) is 0 Å². The lowest BCUT2D eigenvalue weighted by atomic mass is 10.0. The number of thiazole rings is 1. The van der Waals surface area contributed by atoms with Crippen LogP contribution in [-0.2, 0) is 16.0 Å². The Morgan fingerprint density at radius 2 is 2.50 bits per heavy atom. The molecule has 0 aromatic carbocycles. The summed E-state index contributed by atoms with van der Waals surface area (Å²) in [6.45, 7) is 0. The van der Waals surface area contributed by atoms with Crippen molar-refractivity contribution in [3.8, 4) is 0 Å². The first-order chi connectivity index (χ1) is 5.63. The highest BCUT2D eigenvalue weighted by Gasteiger charge is 2.09. The Hall–Kier alpha value is -1.04. The van der Waals surface area contributed by atoms with Gasteiger partial charge in [0.2, 0.25) is 0 Å². The van der Waals surface area contributed by atoms with E-state index in [0.717, 1.165) is 4.78 Å². The summed E-state index contributed by atoms with van der Waals surface area (Å²) in [5.41, 5.74) is 6.16. The van der Waals surface area contributed by atoms with Crippen LogP contribution in [0.2, 0.25) is 0 Å². The molecule has 6 heteroatoms. The average molecular weight is 184 g/mol. The predicted molar refractivity (Wildman–Crippen MR) is 50.4 cm³/mol. The van der Waals surface area contributed by atoms with E-state index in [4.69, 9.17) is 5.73 Å². The molecule has 0 aliphatic rings. The number of esters is 1. The van der Waals surface area contributed by atoms with Crippen molar-refractivity contribution >= 4 is 35.1 Å². The molecule has 64 valence electrons. The third kappa shape index (κ3) is 1.98. The number of methoxy groups -OCH3 is 1. The topological polar surface area (TPSA) is 65.2 Å². The van der Waals surface area contributed by atoms with Crippen LogP contribution in [0.4, 0.5) is 5.13 Å². The first kappa shape index (κ1) is 9.06. The van der Waals surface area contributed by atoms with E-state index >= 15 is 0 Å². The number of nitrogen functional groups attached to an aromatic ring is 1. The van der Waals surface area contributed by atoms with Crippen molar-refractivity contribution in [3.63, 3.8) is 0 Å². The normalized spacial score (nSPS) is 9.75. The minimum Gasteiger partial charge on any atom is -0.469 e. The Kier molecular flexibility index (Phi) is 2.70. The summed E-state index contributed by atoms with van der Waals surface area (Å²) in [6, 6.07) is 0. The maximum absolute atomic E-state index is 10.8. The summed E-state index contributed by atoms with van der Waals surface area (Å²) < 4.78 is 5.47. The molecule has 0 bridgehead atoms. The van der Waals surface area contributed by atoms with Crippen molar-refractivity contribution in [2.75, 3.05) is 12.8 Å². The summed E-state index contributed by atoms with van der Waals surface area (Å²) in [6.07, 6.45) is 0.204. The van der Waals surface area contributed by atoms with E-state index in [0.29, 0.717) is 10.8 Å². The SMILES string of the molecule is Bc1sc(N)nc1CC(=O)OC. The zero-order valence-electron chi connectivity index (χ0n) is 6.96. The Morgan fingerprint density at radius 1 is 1.83 bits per heavy atom. The fourth-order valence-electron chi connectivity index (χ4n) is 0.823. The average Bonchev–Trinajstić information content (AvgIpc) is 2.30. The highest BCUT2D eigenvalue weighted by atomic mass is 32.1. The van der Waals surface area contributed by atoms with Crippen LogP contribution in [0.15, 0.2) is 0 Å². The molecule has 2 N–H and O–H groups in total. The van der Waals surface area contributed by atoms with E-state index in [-0.39, 0.29) is 12.4 Å². The monoisotopic (exact) mass is 184 g/mol. The molecule has 0 saturated carbocycles. The van der Waals surface area contributed by atoms with Crippen molar-refractivity contribution in [2.24, 2.45) is 0 Å². The van der Waals surface area contributed by atoms with Gasteiger partial charge >= 0.3 is 5.97 Å². The molecule has 0 saturated heterocycles. The maximum atomic E-state index is 10.8. The first-order valence-electron chi connectivity index (χ1n) is 3.42. The Morgan fingerprint density at radius 3 is 2.92 bits per heavy atom. The van der Waals surface area contributed by atoms with Gasteiger partial charge in [0.25, 0.3) is 0 Å². The lowest BCUT2D eigenvalue weighted by Crippen LogP contribution is -2.12. The van der Waals surface area contributed by atoms with Crippen molar-refractivity contribution in [1.82, 2.24) is 4.98 Å². The second-order valence-electron chi connectivity index (χ2n) is 2.31. The molecule has 0 aliphatic heterocycles. The number of aromatic nitrogens is 1. The summed E-state index contributed by atoms with van der Waals surface area (Å²) in [4.78, 5) is 14.8. The van der Waals surface area contributed by atoms with E-state index in [9.17, 15) is 4.79 Å². The number of rotatable bonds is 2. The number of anilines is 1. The molecule has 12 heavy (non-hydrogen) atoms. The molecule has 0 atom stereocenters. The summed E-state index contributed by atoms with van der Waals surface area (Å²) >= 11 is 1.38. The van der Waals surface area contributed by atoms with E-state index in [2.05, 4.69) is 9.72 Å². The highest BCUT2D eigenvalue weighted by molar-refractivity contribution is 7.23. The number of hydrogen-bond acceptors (Lipinski definition) is 5. The summed E-state index contributed by atoms with van der Waals surface area (Å²) in [5, 5.41) is 0.492. The number of nitrogens with zero attached hydrogens (tertiary/aromatic N) is 1. The van der Waals surface area contributed by atoms with Gasteiger partial charge in [0.1, 0.15) is 0 Å². The summed E-state index contributed by atoms with van der Waals surface area (Å²) in [5.74, 6) is -0.289. The summed E-state index contributed by atoms with van der Waals surface area (Å²) in [7, 11) is 3.24. The minimum atomic E-state index is -0.289. The Labute approximate surface area is 75.2 Å². The van der Waals surface area contributed by atoms with Gasteiger partial charge in [0.15, 0.2) is 13.0 Å². The van der Waals surface area contributed by atoms with Gasteiger partial charge < -0.3 is 10.5 Å². The van der Waals surface area contributed by atoms with E-state index in [1.807, 2.05) is 7.85 Å². The molecule has 0 spiro atoms. The van der Waals surface area contributed by atoms with Crippen molar-refractivity contribution in [2.45, 2.75) is 6.42 Å². The first-order valence-corrected chi connectivity index (χ1v) is 4.23. The Bertz CT molecular complexity index is 300. The molecule has 0 radical (unpaired) electrons. The van der Waals surface area contributed by atoms with Gasteiger partial charge in [-0.3, -0.25) is 4.79 Å². The zero-order valence-corrected chi connectivity index (χ0v) is 7.77. The van der Waals surface area contributed by atoms with Gasteiger partial charge in [-0.25, -0.2) is 4.98 Å². The quantitative estimate of drug-likeness (QED) is 0.458. The van der Waals surface area contributed by atoms with Crippen molar-refractivity contribution in [1.29, 1.82) is 0 Å². The predicted octanol–water partition coefficient (Wildman–Crippen LogP) is -1.30. The third-order valence-electron chi connectivity index (χ3n) is 1.45. The van der Waals surface area contributed by atoms with Gasteiger partial charge in [-0.05, 0) is 4.78 Å². The van der Waals surface area contributed by atoms with Gasteiger partial charge in [-0.1, -0.05) is 0 Å². The maximum Gasteiger partial charge on any atom is 0.311 e. The van der Waals surface area contributed by atoms with Gasteiger partial charge in [-0.15, -0.1) is 11.3 Å². The third-order valence-corrected chi connectivity index (χ3v) is 2.29. The molecule has 1 aromatic rings. The van der Waals surface area contributed by atoms with Crippen LogP contribution >= 0.6 is 11.3 Å². The molecule has 0 amide bonds. The second-order valence-corrected chi connectivity index (χ2v) is 3.54. The Balaban J connectivity index is 2.75. The molecular formula is C6H9BN2O2S. The molecule has 0 aliphatic carbocycles. The molecule has 1 aromatic heterocycles. The molecule has 1 heterocycles. The lowest BCUT2D eigenvalue weighted by molar-refractivity contribution is -0.139. The molecule has 0 fully saturated rings.